The second-order valence-corrected chi connectivity index (χ2v) is 13.5. The molecule has 39 heavy (non-hydrogen) atoms. The average Bonchev–Trinajstić information content (AvgIpc) is 2.81. The van der Waals surface area contributed by atoms with E-state index in [1.807, 2.05) is 58.9 Å². The van der Waals surface area contributed by atoms with Gasteiger partial charge in [0, 0.05) is 30.1 Å². The van der Waals surface area contributed by atoms with Gasteiger partial charge in [-0.3, -0.25) is 4.79 Å². The van der Waals surface area contributed by atoms with Crippen LogP contribution in [0.5, 0.6) is 5.75 Å². The molecule has 8 nitrogen and oxygen atoms in total. The lowest BCUT2D eigenvalue weighted by Crippen LogP contribution is -2.38. The normalized spacial score (nSPS) is 14.7. The highest BCUT2D eigenvalue weighted by Crippen LogP contribution is 2.38. The number of halogens is 1. The van der Waals surface area contributed by atoms with Crippen molar-refractivity contribution in [1.29, 1.82) is 0 Å². The van der Waals surface area contributed by atoms with Crippen molar-refractivity contribution in [2.75, 3.05) is 13.1 Å². The summed E-state index contributed by atoms with van der Waals surface area (Å²) in [6, 6.07) is 10.5. The van der Waals surface area contributed by atoms with Gasteiger partial charge >= 0.3 is 6.09 Å². The predicted octanol–water partition coefficient (Wildman–Crippen LogP) is 5.92. The van der Waals surface area contributed by atoms with Crippen molar-refractivity contribution in [2.24, 2.45) is 5.14 Å². The molecule has 0 saturated heterocycles. The van der Waals surface area contributed by atoms with Gasteiger partial charge in [0.25, 0.3) is 0 Å². The Kier molecular flexibility index (Phi) is 9.73. The van der Waals surface area contributed by atoms with Gasteiger partial charge in [-0.25, -0.2) is 18.4 Å². The summed E-state index contributed by atoms with van der Waals surface area (Å²) < 4.78 is 36.1. The third-order valence-electron chi connectivity index (χ3n) is 6.48. The summed E-state index contributed by atoms with van der Waals surface area (Å²) in [5.74, 6) is 0.0456. The highest BCUT2D eigenvalue weighted by atomic mass is 35.5. The first-order valence-corrected chi connectivity index (χ1v) is 15.1. The number of ketones is 1. The molecule has 0 aromatic heterocycles. The predicted molar refractivity (Wildman–Crippen MR) is 152 cm³/mol. The number of primary sulfonamides is 1. The quantitative estimate of drug-likeness (QED) is 0.276. The van der Waals surface area contributed by atoms with Crippen LogP contribution in [-0.2, 0) is 27.6 Å². The number of carbonyl (C=O) groups excluding carboxylic acids is 2. The Morgan fingerprint density at radius 1 is 1.13 bits per heavy atom. The van der Waals surface area contributed by atoms with Crippen molar-refractivity contribution >= 4 is 33.5 Å². The molecule has 1 aliphatic rings. The minimum atomic E-state index is -4.09. The topological polar surface area (TPSA) is 116 Å². The summed E-state index contributed by atoms with van der Waals surface area (Å²) in [7, 11) is -4.09. The van der Waals surface area contributed by atoms with Gasteiger partial charge < -0.3 is 14.4 Å². The number of amides is 1. The van der Waals surface area contributed by atoms with E-state index in [2.05, 4.69) is 0 Å². The molecule has 214 valence electrons. The van der Waals surface area contributed by atoms with Gasteiger partial charge in [0.1, 0.15) is 21.8 Å². The summed E-state index contributed by atoms with van der Waals surface area (Å²) >= 11 is 6.29. The Bertz CT molecular complexity index is 1320. The number of nitrogens with zero attached hydrogens (tertiary/aromatic N) is 1. The molecule has 0 aliphatic carbocycles. The van der Waals surface area contributed by atoms with Gasteiger partial charge in [0.2, 0.25) is 10.0 Å². The van der Waals surface area contributed by atoms with E-state index in [1.54, 1.807) is 11.0 Å². The molecule has 2 aromatic rings. The first-order chi connectivity index (χ1) is 18.1. The summed E-state index contributed by atoms with van der Waals surface area (Å²) in [5, 5.41) is 6.11. The van der Waals surface area contributed by atoms with Crippen molar-refractivity contribution in [2.45, 2.75) is 89.2 Å². The van der Waals surface area contributed by atoms with Crippen LogP contribution in [0, 0.1) is 0 Å². The Balaban J connectivity index is 1.66. The fraction of sp³-hybridized carbons (Fsp3) is 0.517. The molecule has 10 heteroatoms. The molecular weight excluding hydrogens is 540 g/mol. The summed E-state index contributed by atoms with van der Waals surface area (Å²) in [5.41, 5.74) is 0.739. The first-order valence-electron chi connectivity index (χ1n) is 13.2. The Labute approximate surface area is 236 Å². The number of hydrogen-bond acceptors (Lipinski definition) is 6. The average molecular weight is 579 g/mol. The number of fused-ring (bicyclic) bond motifs is 1. The number of ether oxygens (including phenoxy) is 2. The van der Waals surface area contributed by atoms with Crippen LogP contribution >= 0.6 is 11.6 Å². The van der Waals surface area contributed by atoms with Gasteiger partial charge in [0.15, 0.2) is 5.78 Å². The van der Waals surface area contributed by atoms with Crippen LogP contribution in [-0.4, -0.2) is 49.5 Å². The lowest BCUT2D eigenvalue weighted by molar-refractivity contribution is 0.0249. The molecule has 2 N–H and O–H groups in total. The Morgan fingerprint density at radius 2 is 1.82 bits per heavy atom. The molecule has 3 rings (SSSR count). The lowest BCUT2D eigenvalue weighted by Gasteiger charge is -2.33. The number of hydrogen-bond donors (Lipinski definition) is 1. The van der Waals surface area contributed by atoms with Crippen LogP contribution in [0.15, 0.2) is 41.3 Å². The summed E-state index contributed by atoms with van der Waals surface area (Å²) in [6.07, 6.45) is 2.70. The van der Waals surface area contributed by atoms with E-state index in [0.29, 0.717) is 61.3 Å². The highest BCUT2D eigenvalue weighted by Gasteiger charge is 2.32. The van der Waals surface area contributed by atoms with E-state index < -0.39 is 27.3 Å². The SMILES string of the molecule is CC(C)(C)OC(=O)N(CCCCC(=O)c1cc2c(c(S(N)(=O)=O)c1)OC(C)(C)CC2)CCc1ccccc1Cl. The molecule has 0 unspecified atom stereocenters. The number of aryl methyl sites for hydroxylation is 1. The van der Waals surface area contributed by atoms with Crippen molar-refractivity contribution in [1.82, 2.24) is 4.90 Å². The second kappa shape index (κ2) is 12.3. The zero-order valence-electron chi connectivity index (χ0n) is 23.4. The van der Waals surface area contributed by atoms with Crippen LogP contribution in [0.25, 0.3) is 0 Å². The van der Waals surface area contributed by atoms with Crippen molar-refractivity contribution in [3.8, 4) is 5.75 Å². The maximum absolute atomic E-state index is 13.1. The van der Waals surface area contributed by atoms with E-state index in [1.165, 1.54) is 6.07 Å². The van der Waals surface area contributed by atoms with Crippen LogP contribution in [0.2, 0.25) is 5.02 Å². The molecule has 0 radical (unpaired) electrons. The molecule has 0 atom stereocenters. The third-order valence-corrected chi connectivity index (χ3v) is 7.76. The van der Waals surface area contributed by atoms with Crippen LogP contribution in [0.1, 0.15) is 81.8 Å². The second-order valence-electron chi connectivity index (χ2n) is 11.6. The Hall–Kier alpha value is -2.62. The molecule has 2 aromatic carbocycles. The fourth-order valence-corrected chi connectivity index (χ4v) is 5.36. The number of benzene rings is 2. The highest BCUT2D eigenvalue weighted by molar-refractivity contribution is 7.89. The molecular formula is C29H39ClN2O6S. The number of unbranched alkanes of at least 4 members (excludes halogenated alkanes) is 1. The van der Waals surface area contributed by atoms with Gasteiger partial charge in [-0.15, -0.1) is 0 Å². The van der Waals surface area contributed by atoms with E-state index in [-0.39, 0.29) is 22.8 Å². The van der Waals surface area contributed by atoms with Crippen LogP contribution < -0.4 is 9.88 Å². The van der Waals surface area contributed by atoms with E-state index in [9.17, 15) is 18.0 Å². The molecule has 0 spiro atoms. The lowest BCUT2D eigenvalue weighted by atomic mass is 9.92. The van der Waals surface area contributed by atoms with Crippen molar-refractivity contribution in [3.63, 3.8) is 0 Å². The maximum Gasteiger partial charge on any atom is 0.410 e. The summed E-state index contributed by atoms with van der Waals surface area (Å²) in [4.78, 5) is 27.4. The molecule has 1 heterocycles. The van der Waals surface area contributed by atoms with E-state index >= 15 is 0 Å². The standard InChI is InChI=1S/C29H39ClN2O6S/c1-28(2,3)38-27(34)32(17-14-20-10-6-7-11-23(20)30)16-9-8-12-24(33)22-18-21-13-15-29(4,5)37-26(21)25(19-22)39(31,35)36/h6-7,10-11,18-19H,8-9,12-17H2,1-5H3,(H2,31,35,36). The summed E-state index contributed by atoms with van der Waals surface area (Å²) in [6.45, 7) is 10.0. The molecule has 1 aliphatic heterocycles. The van der Waals surface area contributed by atoms with Crippen molar-refractivity contribution < 1.29 is 27.5 Å². The molecule has 0 fully saturated rings. The number of Topliss-reactive ketones (excluding diaryl/α,β-unsaturated/α-hetero) is 1. The van der Waals surface area contributed by atoms with Crippen LogP contribution in [0.4, 0.5) is 4.79 Å². The molecule has 0 saturated carbocycles. The number of carbonyl (C=O) groups is 2. The van der Waals surface area contributed by atoms with Crippen LogP contribution in [0.3, 0.4) is 0 Å². The van der Waals surface area contributed by atoms with Gasteiger partial charge in [0.05, 0.1) is 0 Å². The van der Waals surface area contributed by atoms with Gasteiger partial charge in [-0.05, 0) is 96.0 Å². The Morgan fingerprint density at radius 3 is 2.46 bits per heavy atom. The van der Waals surface area contributed by atoms with E-state index in [0.717, 1.165) is 5.56 Å². The van der Waals surface area contributed by atoms with E-state index in [4.69, 9.17) is 26.2 Å². The third kappa shape index (κ3) is 8.95. The zero-order chi connectivity index (χ0) is 29.0. The minimum absolute atomic E-state index is 0.160. The molecule has 0 bridgehead atoms. The smallest absolute Gasteiger partial charge is 0.410 e. The van der Waals surface area contributed by atoms with Crippen molar-refractivity contribution in [3.05, 3.63) is 58.1 Å². The number of sulfonamides is 1. The monoisotopic (exact) mass is 578 g/mol. The first kappa shape index (κ1) is 30.9. The van der Waals surface area contributed by atoms with Gasteiger partial charge in [-0.1, -0.05) is 29.8 Å². The number of rotatable bonds is 10. The fourth-order valence-electron chi connectivity index (χ4n) is 4.41. The minimum Gasteiger partial charge on any atom is -0.486 e. The maximum atomic E-state index is 13.1. The van der Waals surface area contributed by atoms with Gasteiger partial charge in [-0.2, -0.15) is 0 Å². The molecule has 1 amide bonds. The largest absolute Gasteiger partial charge is 0.486 e. The number of nitrogens with two attached hydrogens (primary N) is 1. The zero-order valence-corrected chi connectivity index (χ0v) is 25.0.